The maximum atomic E-state index is 13.3. The van der Waals surface area contributed by atoms with Crippen molar-refractivity contribution >= 4 is 17.5 Å². The van der Waals surface area contributed by atoms with Crippen LogP contribution >= 0.6 is 0 Å². The number of hydrogen-bond donors (Lipinski definition) is 0. The first-order valence-electron chi connectivity index (χ1n) is 13.4. The van der Waals surface area contributed by atoms with E-state index in [9.17, 15) is 9.59 Å². The zero-order chi connectivity index (χ0) is 23.0. The number of amides is 2. The normalized spacial score (nSPS) is 29.6. The number of benzene rings is 1. The number of piperidine rings is 1. The van der Waals surface area contributed by atoms with E-state index in [0.29, 0.717) is 12.6 Å². The summed E-state index contributed by atoms with van der Waals surface area (Å²) in [6.45, 7) is 4.87. The lowest BCUT2D eigenvalue weighted by Gasteiger charge is -2.50. The van der Waals surface area contributed by atoms with E-state index >= 15 is 0 Å². The molecule has 5 rings (SSSR count). The zero-order valence-electron chi connectivity index (χ0n) is 20.6. The van der Waals surface area contributed by atoms with Gasteiger partial charge in [0, 0.05) is 38.4 Å². The summed E-state index contributed by atoms with van der Waals surface area (Å²) in [4.78, 5) is 32.9. The quantitative estimate of drug-likeness (QED) is 0.608. The molecule has 33 heavy (non-hydrogen) atoms. The lowest BCUT2D eigenvalue weighted by atomic mass is 9.74. The van der Waals surface area contributed by atoms with Gasteiger partial charge in [0.15, 0.2) is 0 Å². The molecule has 1 aromatic carbocycles. The van der Waals surface area contributed by atoms with Gasteiger partial charge in [-0.2, -0.15) is 0 Å². The van der Waals surface area contributed by atoms with Crippen molar-refractivity contribution in [2.75, 3.05) is 31.6 Å². The third kappa shape index (κ3) is 4.11. The minimum atomic E-state index is -0.232. The third-order valence-corrected chi connectivity index (χ3v) is 9.24. The molecule has 2 atom stereocenters. The molecule has 0 aromatic heterocycles. The second-order valence-electron chi connectivity index (χ2n) is 11.1. The Balaban J connectivity index is 1.38. The maximum Gasteiger partial charge on any atom is 0.235 e. The number of carbonyl (C=O) groups is 2. The van der Waals surface area contributed by atoms with Crippen molar-refractivity contribution in [1.29, 1.82) is 0 Å². The molecule has 0 N–H and O–H groups in total. The summed E-state index contributed by atoms with van der Waals surface area (Å²) in [5.41, 5.74) is 2.18. The molecule has 5 heteroatoms. The minimum absolute atomic E-state index is 0.0220. The number of nitrogens with zero attached hydrogens (tertiary/aromatic N) is 3. The standard InChI is InChI=1S/C28H41N3O2/c1-21-12-14-23(15-13-21)31-20-24-25(27(33)29(2)26(24)32)28(31)16-18-30(19-17-28)22-10-8-6-4-3-5-7-9-11-22/h12-15,22,24-25H,3-11,16-20H2,1-2H3. The Kier molecular flexibility index (Phi) is 6.52. The van der Waals surface area contributed by atoms with Crippen LogP contribution in [-0.4, -0.2) is 59.9 Å². The van der Waals surface area contributed by atoms with Gasteiger partial charge in [-0.15, -0.1) is 0 Å². The van der Waals surface area contributed by atoms with E-state index in [1.54, 1.807) is 7.05 Å². The van der Waals surface area contributed by atoms with Gasteiger partial charge in [0.05, 0.1) is 17.4 Å². The molecule has 1 aromatic rings. The fourth-order valence-corrected chi connectivity index (χ4v) is 7.31. The van der Waals surface area contributed by atoms with Crippen molar-refractivity contribution in [3.8, 4) is 0 Å². The number of hydrogen-bond acceptors (Lipinski definition) is 4. The number of fused-ring (bicyclic) bond motifs is 2. The number of aryl methyl sites for hydroxylation is 1. The van der Waals surface area contributed by atoms with E-state index in [1.807, 2.05) is 0 Å². The zero-order valence-corrected chi connectivity index (χ0v) is 20.6. The van der Waals surface area contributed by atoms with Crippen molar-refractivity contribution in [3.05, 3.63) is 29.8 Å². The van der Waals surface area contributed by atoms with Crippen molar-refractivity contribution in [3.63, 3.8) is 0 Å². The Labute approximate surface area is 199 Å². The Morgan fingerprint density at radius 2 is 1.39 bits per heavy atom. The highest BCUT2D eigenvalue weighted by atomic mass is 16.2. The molecule has 0 radical (unpaired) electrons. The molecule has 1 spiro atoms. The molecule has 1 aliphatic carbocycles. The molecule has 5 nitrogen and oxygen atoms in total. The third-order valence-electron chi connectivity index (χ3n) is 9.24. The van der Waals surface area contributed by atoms with Gasteiger partial charge in [-0.05, 0) is 44.7 Å². The monoisotopic (exact) mass is 451 g/mol. The Hall–Kier alpha value is -1.88. The van der Waals surface area contributed by atoms with E-state index in [-0.39, 0.29) is 29.2 Å². The van der Waals surface area contributed by atoms with Gasteiger partial charge in [0.25, 0.3) is 0 Å². The summed E-state index contributed by atoms with van der Waals surface area (Å²) in [5, 5.41) is 0. The van der Waals surface area contributed by atoms with Crippen LogP contribution in [0.3, 0.4) is 0 Å². The molecular formula is C28H41N3O2. The van der Waals surface area contributed by atoms with E-state index in [0.717, 1.165) is 25.9 Å². The predicted octanol–water partition coefficient (Wildman–Crippen LogP) is 4.77. The number of rotatable bonds is 2. The number of carbonyl (C=O) groups excluding carboxylic acids is 2. The smallest absolute Gasteiger partial charge is 0.235 e. The van der Waals surface area contributed by atoms with Gasteiger partial charge in [0.2, 0.25) is 11.8 Å². The van der Waals surface area contributed by atoms with E-state index in [2.05, 4.69) is 41.0 Å². The van der Waals surface area contributed by atoms with Gasteiger partial charge >= 0.3 is 0 Å². The molecular weight excluding hydrogens is 410 g/mol. The molecule has 180 valence electrons. The molecule has 4 fully saturated rings. The number of anilines is 1. The lowest BCUT2D eigenvalue weighted by molar-refractivity contribution is -0.139. The molecule has 2 amide bonds. The average molecular weight is 452 g/mol. The molecule has 3 heterocycles. The first-order valence-corrected chi connectivity index (χ1v) is 13.4. The first-order chi connectivity index (χ1) is 16.0. The van der Waals surface area contributed by atoms with E-state index in [4.69, 9.17) is 0 Å². The highest BCUT2D eigenvalue weighted by molar-refractivity contribution is 6.07. The van der Waals surface area contributed by atoms with Crippen LogP contribution in [0.1, 0.15) is 76.2 Å². The van der Waals surface area contributed by atoms with E-state index < -0.39 is 0 Å². The van der Waals surface area contributed by atoms with Gasteiger partial charge in [0.1, 0.15) is 0 Å². The van der Waals surface area contributed by atoms with Crippen LogP contribution in [0.15, 0.2) is 24.3 Å². The van der Waals surface area contributed by atoms with Crippen LogP contribution in [0.2, 0.25) is 0 Å². The Bertz CT molecular complexity index is 848. The largest absolute Gasteiger partial charge is 0.364 e. The fourth-order valence-electron chi connectivity index (χ4n) is 7.31. The summed E-state index contributed by atoms with van der Waals surface area (Å²) >= 11 is 0. The fraction of sp³-hybridized carbons (Fsp3) is 0.714. The highest BCUT2D eigenvalue weighted by Crippen LogP contribution is 2.51. The van der Waals surface area contributed by atoms with Crippen LogP contribution in [0.5, 0.6) is 0 Å². The van der Waals surface area contributed by atoms with Gasteiger partial charge in [-0.25, -0.2) is 0 Å². The second-order valence-corrected chi connectivity index (χ2v) is 11.1. The van der Waals surface area contributed by atoms with E-state index in [1.165, 1.54) is 73.9 Å². The summed E-state index contributed by atoms with van der Waals surface area (Å²) < 4.78 is 0. The van der Waals surface area contributed by atoms with Gasteiger partial charge in [-0.3, -0.25) is 14.5 Å². The second kappa shape index (κ2) is 9.40. The van der Waals surface area contributed by atoms with Crippen LogP contribution in [-0.2, 0) is 9.59 Å². The number of likely N-dealkylation sites (tertiary alicyclic amines) is 2. The summed E-state index contributed by atoms with van der Waals surface area (Å²) in [6, 6.07) is 9.37. The Morgan fingerprint density at radius 1 is 0.818 bits per heavy atom. The first kappa shape index (κ1) is 22.9. The lowest BCUT2D eigenvalue weighted by Crippen LogP contribution is -2.59. The number of imide groups is 1. The minimum Gasteiger partial charge on any atom is -0.364 e. The summed E-state index contributed by atoms with van der Waals surface area (Å²) in [6.07, 6.45) is 14.3. The topological polar surface area (TPSA) is 43.9 Å². The Morgan fingerprint density at radius 3 is 2.00 bits per heavy atom. The molecule has 3 saturated heterocycles. The average Bonchev–Trinajstić information content (AvgIpc) is 3.26. The molecule has 0 bridgehead atoms. The van der Waals surface area contributed by atoms with Gasteiger partial charge in [-0.1, -0.05) is 62.6 Å². The summed E-state index contributed by atoms with van der Waals surface area (Å²) in [5.74, 6) is -0.313. The van der Waals surface area contributed by atoms with Crippen molar-refractivity contribution < 1.29 is 9.59 Å². The van der Waals surface area contributed by atoms with Gasteiger partial charge < -0.3 is 9.80 Å². The van der Waals surface area contributed by atoms with Crippen molar-refractivity contribution in [2.24, 2.45) is 11.8 Å². The highest BCUT2D eigenvalue weighted by Gasteiger charge is 2.64. The molecule has 1 saturated carbocycles. The summed E-state index contributed by atoms with van der Waals surface area (Å²) in [7, 11) is 1.68. The van der Waals surface area contributed by atoms with Crippen LogP contribution in [0.25, 0.3) is 0 Å². The van der Waals surface area contributed by atoms with Crippen LogP contribution < -0.4 is 4.90 Å². The van der Waals surface area contributed by atoms with Crippen molar-refractivity contribution in [1.82, 2.24) is 9.80 Å². The molecule has 4 aliphatic rings. The van der Waals surface area contributed by atoms with Crippen LogP contribution in [0, 0.1) is 18.8 Å². The van der Waals surface area contributed by atoms with Crippen molar-refractivity contribution in [2.45, 2.75) is 89.1 Å². The predicted molar refractivity (Wildman–Crippen MR) is 132 cm³/mol. The molecule has 2 unspecified atom stereocenters. The SMILES string of the molecule is Cc1ccc(N2CC3C(=O)N(C)C(=O)C3C23CCN(C2CCCCCCCCC2)CC3)cc1. The maximum absolute atomic E-state index is 13.3. The molecule has 3 aliphatic heterocycles. The van der Waals surface area contributed by atoms with Crippen LogP contribution in [0.4, 0.5) is 5.69 Å².